The maximum absolute atomic E-state index is 10.5. The predicted molar refractivity (Wildman–Crippen MR) is 42.8 cm³/mol. The van der Waals surface area contributed by atoms with E-state index in [0.29, 0.717) is 5.02 Å². The van der Waals surface area contributed by atoms with Crippen LogP contribution in [0.2, 0.25) is 5.02 Å². The first kappa shape index (κ1) is 8.80. The van der Waals surface area contributed by atoms with Crippen molar-refractivity contribution >= 4 is 17.6 Å². The van der Waals surface area contributed by atoms with Crippen LogP contribution in [-0.2, 0) is 0 Å². The van der Waals surface area contributed by atoms with Crippen LogP contribution in [0.25, 0.3) is 0 Å². The zero-order valence-corrected chi connectivity index (χ0v) is 7.00. The molecule has 1 aromatic rings. The lowest BCUT2D eigenvalue weighted by atomic mass is 10.3. The number of hydrogen-bond donors (Lipinski definition) is 1. The van der Waals surface area contributed by atoms with Gasteiger partial charge in [0.15, 0.2) is 11.4 Å². The highest BCUT2D eigenvalue weighted by molar-refractivity contribution is 6.30. The number of pyridine rings is 1. The van der Waals surface area contributed by atoms with E-state index in [1.54, 1.807) is 0 Å². The molecule has 0 saturated heterocycles. The molecular formula is C7H6ClNO3. The Balaban J connectivity index is 3.20. The van der Waals surface area contributed by atoms with Gasteiger partial charge < -0.3 is 9.84 Å². The summed E-state index contributed by atoms with van der Waals surface area (Å²) < 4.78 is 4.76. The van der Waals surface area contributed by atoms with E-state index in [1.807, 2.05) is 0 Å². The summed E-state index contributed by atoms with van der Waals surface area (Å²) in [7, 11) is 1.36. The van der Waals surface area contributed by atoms with E-state index >= 15 is 0 Å². The Morgan fingerprint density at radius 3 is 2.92 bits per heavy atom. The summed E-state index contributed by atoms with van der Waals surface area (Å²) in [6.45, 7) is 0. The van der Waals surface area contributed by atoms with Crippen LogP contribution in [0.15, 0.2) is 12.3 Å². The summed E-state index contributed by atoms with van der Waals surface area (Å²) in [6, 6.07) is 1.40. The van der Waals surface area contributed by atoms with E-state index in [-0.39, 0.29) is 11.4 Å². The summed E-state index contributed by atoms with van der Waals surface area (Å²) >= 11 is 5.56. The van der Waals surface area contributed by atoms with Crippen molar-refractivity contribution < 1.29 is 14.6 Å². The number of carboxylic acids is 1. The average molecular weight is 188 g/mol. The van der Waals surface area contributed by atoms with Crippen LogP contribution in [0.5, 0.6) is 5.75 Å². The molecule has 0 aliphatic carbocycles. The number of ether oxygens (including phenoxy) is 1. The lowest BCUT2D eigenvalue weighted by Crippen LogP contribution is -2.03. The van der Waals surface area contributed by atoms with Gasteiger partial charge in [-0.1, -0.05) is 11.6 Å². The Morgan fingerprint density at radius 2 is 2.42 bits per heavy atom. The third kappa shape index (κ3) is 1.65. The fraction of sp³-hybridized carbons (Fsp3) is 0.143. The number of carbonyl (C=O) groups is 1. The maximum atomic E-state index is 10.5. The van der Waals surface area contributed by atoms with Gasteiger partial charge in [-0.15, -0.1) is 0 Å². The maximum Gasteiger partial charge on any atom is 0.358 e. The molecule has 1 heterocycles. The Kier molecular flexibility index (Phi) is 2.50. The largest absolute Gasteiger partial charge is 0.494 e. The zero-order chi connectivity index (χ0) is 9.14. The minimum absolute atomic E-state index is 0.137. The molecular weight excluding hydrogens is 182 g/mol. The molecule has 1 N–H and O–H groups in total. The number of methoxy groups -OCH3 is 1. The van der Waals surface area contributed by atoms with Gasteiger partial charge in [0.1, 0.15) is 0 Å². The van der Waals surface area contributed by atoms with Gasteiger partial charge in [-0.05, 0) is 0 Å². The Morgan fingerprint density at radius 1 is 1.75 bits per heavy atom. The monoisotopic (exact) mass is 187 g/mol. The van der Waals surface area contributed by atoms with Crippen molar-refractivity contribution in [2.45, 2.75) is 0 Å². The van der Waals surface area contributed by atoms with Crippen molar-refractivity contribution in [3.63, 3.8) is 0 Å². The Labute approximate surface area is 73.8 Å². The molecule has 0 radical (unpaired) electrons. The summed E-state index contributed by atoms with van der Waals surface area (Å²) in [6.07, 6.45) is 1.26. The number of nitrogens with zero attached hydrogens (tertiary/aromatic N) is 1. The Hall–Kier alpha value is -1.29. The first-order valence-corrected chi connectivity index (χ1v) is 3.45. The molecule has 5 heteroatoms. The highest BCUT2D eigenvalue weighted by atomic mass is 35.5. The minimum Gasteiger partial charge on any atom is -0.494 e. The van der Waals surface area contributed by atoms with Crippen LogP contribution >= 0.6 is 11.6 Å². The molecule has 1 aromatic heterocycles. The number of aromatic nitrogens is 1. The smallest absolute Gasteiger partial charge is 0.358 e. The van der Waals surface area contributed by atoms with Crippen molar-refractivity contribution in [3.05, 3.63) is 23.0 Å². The van der Waals surface area contributed by atoms with Crippen LogP contribution in [0.4, 0.5) is 0 Å². The zero-order valence-electron chi connectivity index (χ0n) is 6.24. The van der Waals surface area contributed by atoms with E-state index in [0.717, 1.165) is 0 Å². The van der Waals surface area contributed by atoms with Gasteiger partial charge in [0.05, 0.1) is 12.1 Å². The van der Waals surface area contributed by atoms with Crippen LogP contribution in [0, 0.1) is 0 Å². The molecule has 0 unspecified atom stereocenters. The Bertz CT molecular complexity index is 314. The van der Waals surface area contributed by atoms with Gasteiger partial charge in [0, 0.05) is 12.3 Å². The number of hydrogen-bond acceptors (Lipinski definition) is 3. The van der Waals surface area contributed by atoms with Crippen LogP contribution in [0.3, 0.4) is 0 Å². The van der Waals surface area contributed by atoms with Crippen molar-refractivity contribution in [1.82, 2.24) is 4.98 Å². The fourth-order valence-electron chi connectivity index (χ4n) is 0.737. The molecule has 0 fully saturated rings. The van der Waals surface area contributed by atoms with Crippen LogP contribution in [0.1, 0.15) is 10.5 Å². The molecule has 1 rings (SSSR count). The number of rotatable bonds is 2. The third-order valence-electron chi connectivity index (χ3n) is 1.24. The predicted octanol–water partition coefficient (Wildman–Crippen LogP) is 1.44. The van der Waals surface area contributed by atoms with Crippen LogP contribution in [-0.4, -0.2) is 23.2 Å². The lowest BCUT2D eigenvalue weighted by Gasteiger charge is -2.02. The summed E-state index contributed by atoms with van der Waals surface area (Å²) in [5, 5.41) is 8.95. The summed E-state index contributed by atoms with van der Waals surface area (Å²) in [5.74, 6) is -0.974. The van der Waals surface area contributed by atoms with E-state index in [4.69, 9.17) is 21.4 Å². The molecule has 0 bridgehead atoms. The second kappa shape index (κ2) is 3.40. The van der Waals surface area contributed by atoms with Crippen molar-refractivity contribution in [2.75, 3.05) is 7.11 Å². The molecule has 0 aromatic carbocycles. The average Bonchev–Trinajstić information content (AvgIpc) is 2.03. The molecule has 0 spiro atoms. The van der Waals surface area contributed by atoms with Gasteiger partial charge in [-0.3, -0.25) is 0 Å². The van der Waals surface area contributed by atoms with Gasteiger partial charge in [0.2, 0.25) is 0 Å². The van der Waals surface area contributed by atoms with Gasteiger partial charge in [0.25, 0.3) is 0 Å². The van der Waals surface area contributed by atoms with Gasteiger partial charge in [-0.25, -0.2) is 9.78 Å². The summed E-state index contributed by atoms with van der Waals surface area (Å²) in [4.78, 5) is 14.1. The third-order valence-corrected chi connectivity index (χ3v) is 1.45. The quantitative estimate of drug-likeness (QED) is 0.761. The fourth-order valence-corrected chi connectivity index (χ4v) is 0.885. The standard InChI is InChI=1S/C7H6ClNO3/c1-12-5-2-4(8)3-9-6(5)7(10)11/h2-3H,1H3,(H,10,11). The second-order valence-electron chi connectivity index (χ2n) is 2.01. The number of aromatic carboxylic acids is 1. The van der Waals surface area contributed by atoms with Crippen molar-refractivity contribution in [2.24, 2.45) is 0 Å². The van der Waals surface area contributed by atoms with Gasteiger partial charge in [-0.2, -0.15) is 0 Å². The molecule has 0 aliphatic heterocycles. The lowest BCUT2D eigenvalue weighted by molar-refractivity contribution is 0.0686. The molecule has 0 aliphatic rings. The number of halogens is 1. The molecule has 0 saturated carbocycles. The van der Waals surface area contributed by atoms with Crippen LogP contribution < -0.4 is 4.74 Å². The van der Waals surface area contributed by atoms with Crippen molar-refractivity contribution in [3.8, 4) is 5.75 Å². The first-order valence-electron chi connectivity index (χ1n) is 3.08. The van der Waals surface area contributed by atoms with E-state index in [9.17, 15) is 4.79 Å². The molecule has 4 nitrogen and oxygen atoms in total. The topological polar surface area (TPSA) is 59.4 Å². The van der Waals surface area contributed by atoms with Crippen molar-refractivity contribution in [1.29, 1.82) is 0 Å². The second-order valence-corrected chi connectivity index (χ2v) is 2.45. The minimum atomic E-state index is -1.14. The van der Waals surface area contributed by atoms with E-state index < -0.39 is 5.97 Å². The molecule has 0 atom stereocenters. The van der Waals surface area contributed by atoms with E-state index in [1.165, 1.54) is 19.4 Å². The molecule has 64 valence electrons. The normalized spacial score (nSPS) is 9.50. The first-order chi connectivity index (χ1) is 5.65. The number of carboxylic acid groups (broad SMARTS) is 1. The molecule has 0 amide bonds. The highest BCUT2D eigenvalue weighted by Crippen LogP contribution is 2.19. The SMILES string of the molecule is COc1cc(Cl)cnc1C(=O)O. The van der Waals surface area contributed by atoms with E-state index in [2.05, 4.69) is 4.98 Å². The molecule has 12 heavy (non-hydrogen) atoms. The summed E-state index contributed by atoms with van der Waals surface area (Å²) in [5.41, 5.74) is -0.137. The van der Waals surface area contributed by atoms with Gasteiger partial charge >= 0.3 is 5.97 Å². The highest BCUT2D eigenvalue weighted by Gasteiger charge is 2.12.